The van der Waals surface area contributed by atoms with E-state index in [2.05, 4.69) is 10.3 Å². The van der Waals surface area contributed by atoms with Gasteiger partial charge in [0.25, 0.3) is 5.69 Å². The Hall–Kier alpha value is -2.18. The van der Waals surface area contributed by atoms with Crippen LogP contribution in [0.15, 0.2) is 12.1 Å². The van der Waals surface area contributed by atoms with Gasteiger partial charge in [0.15, 0.2) is 0 Å². The maximum Gasteiger partial charge on any atom is 0.290 e. The number of nitro groups is 1. The van der Waals surface area contributed by atoms with Gasteiger partial charge in [0.05, 0.1) is 4.92 Å². The highest BCUT2D eigenvalue weighted by Crippen LogP contribution is 2.19. The Balaban J connectivity index is 2.95. The van der Waals surface area contributed by atoms with E-state index in [-0.39, 0.29) is 17.3 Å². The van der Waals surface area contributed by atoms with Gasteiger partial charge in [0.1, 0.15) is 17.6 Å². The minimum Gasteiger partial charge on any atom is -0.368 e. The summed E-state index contributed by atoms with van der Waals surface area (Å²) in [6.07, 6.45) is 0. The molecule has 98 valence electrons. The summed E-state index contributed by atoms with van der Waals surface area (Å²) in [5, 5.41) is 13.5. The molecule has 18 heavy (non-hydrogen) atoms. The summed E-state index contributed by atoms with van der Waals surface area (Å²) in [6, 6.07) is 2.25. The second-order valence-electron chi connectivity index (χ2n) is 4.33. The van der Waals surface area contributed by atoms with Gasteiger partial charge in [-0.15, -0.1) is 0 Å². The molecule has 0 aliphatic heterocycles. The van der Waals surface area contributed by atoms with E-state index >= 15 is 0 Å². The van der Waals surface area contributed by atoms with Crippen LogP contribution in [0.3, 0.4) is 0 Å². The van der Waals surface area contributed by atoms with Gasteiger partial charge in [0, 0.05) is 6.07 Å². The van der Waals surface area contributed by atoms with Crippen LogP contribution in [-0.2, 0) is 4.79 Å². The van der Waals surface area contributed by atoms with Crippen LogP contribution in [-0.4, -0.2) is 21.9 Å². The van der Waals surface area contributed by atoms with Crippen LogP contribution in [0.25, 0.3) is 0 Å². The maximum atomic E-state index is 11.2. The van der Waals surface area contributed by atoms with Crippen LogP contribution in [0.2, 0.25) is 0 Å². The van der Waals surface area contributed by atoms with Crippen molar-refractivity contribution in [3.8, 4) is 0 Å². The van der Waals surface area contributed by atoms with Crippen molar-refractivity contribution in [2.45, 2.75) is 26.8 Å². The van der Waals surface area contributed by atoms with Crippen LogP contribution in [0.4, 0.5) is 11.5 Å². The molecule has 0 spiro atoms. The fraction of sp³-hybridized carbons (Fsp3) is 0.455. The van der Waals surface area contributed by atoms with Gasteiger partial charge in [0.2, 0.25) is 5.91 Å². The highest BCUT2D eigenvalue weighted by molar-refractivity contribution is 5.82. The van der Waals surface area contributed by atoms with Crippen molar-refractivity contribution in [1.29, 1.82) is 0 Å². The summed E-state index contributed by atoms with van der Waals surface area (Å²) in [6.45, 7) is 5.24. The first-order chi connectivity index (χ1) is 8.32. The number of carbonyl (C=O) groups is 1. The molecular weight excluding hydrogens is 236 g/mol. The minimum atomic E-state index is -0.557. The predicted octanol–water partition coefficient (Wildman–Crippen LogP) is 1.22. The molecule has 1 aromatic rings. The van der Waals surface area contributed by atoms with Crippen molar-refractivity contribution in [2.24, 2.45) is 11.7 Å². The van der Waals surface area contributed by atoms with E-state index in [1.165, 1.54) is 19.1 Å². The van der Waals surface area contributed by atoms with Crippen molar-refractivity contribution in [2.75, 3.05) is 5.32 Å². The second kappa shape index (κ2) is 5.44. The van der Waals surface area contributed by atoms with Crippen molar-refractivity contribution in [3.05, 3.63) is 27.9 Å². The molecule has 0 bridgehead atoms. The van der Waals surface area contributed by atoms with Gasteiger partial charge in [-0.05, 0) is 18.9 Å². The van der Waals surface area contributed by atoms with Crippen LogP contribution < -0.4 is 11.1 Å². The number of hydrogen-bond acceptors (Lipinski definition) is 5. The zero-order valence-corrected chi connectivity index (χ0v) is 10.5. The summed E-state index contributed by atoms with van der Waals surface area (Å²) in [4.78, 5) is 25.4. The highest BCUT2D eigenvalue weighted by Gasteiger charge is 2.20. The van der Waals surface area contributed by atoms with Crippen LogP contribution in [0, 0.1) is 23.0 Å². The molecule has 1 atom stereocenters. The van der Waals surface area contributed by atoms with E-state index in [1.54, 1.807) is 0 Å². The molecule has 1 heterocycles. The van der Waals surface area contributed by atoms with Crippen molar-refractivity contribution >= 4 is 17.4 Å². The second-order valence-corrected chi connectivity index (χ2v) is 4.33. The lowest BCUT2D eigenvalue weighted by Gasteiger charge is -2.19. The Labute approximate surface area is 105 Å². The van der Waals surface area contributed by atoms with Gasteiger partial charge in [-0.3, -0.25) is 14.9 Å². The van der Waals surface area contributed by atoms with Crippen LogP contribution >= 0.6 is 0 Å². The van der Waals surface area contributed by atoms with Gasteiger partial charge < -0.3 is 11.1 Å². The Morgan fingerprint density at radius 1 is 1.50 bits per heavy atom. The number of nitrogens with one attached hydrogen (secondary N) is 1. The Morgan fingerprint density at radius 3 is 2.50 bits per heavy atom. The van der Waals surface area contributed by atoms with E-state index < -0.39 is 16.9 Å². The van der Waals surface area contributed by atoms with Crippen LogP contribution in [0.5, 0.6) is 0 Å². The fourth-order valence-electron chi connectivity index (χ4n) is 1.55. The number of carbonyl (C=O) groups excluding carboxylic acids is 1. The first kappa shape index (κ1) is 13.9. The van der Waals surface area contributed by atoms with Crippen molar-refractivity contribution < 1.29 is 9.72 Å². The molecule has 1 amide bonds. The molecule has 0 radical (unpaired) electrons. The third kappa shape index (κ3) is 3.16. The molecule has 7 heteroatoms. The highest BCUT2D eigenvalue weighted by atomic mass is 16.6. The molecule has 0 fully saturated rings. The summed E-state index contributed by atoms with van der Waals surface area (Å²) in [5.74, 6) is -0.0850. The lowest BCUT2D eigenvalue weighted by Crippen LogP contribution is -2.39. The predicted molar refractivity (Wildman–Crippen MR) is 67.1 cm³/mol. The van der Waals surface area contributed by atoms with E-state index in [4.69, 9.17) is 5.73 Å². The maximum absolute atomic E-state index is 11.2. The topological polar surface area (TPSA) is 111 Å². The molecule has 0 saturated carbocycles. The van der Waals surface area contributed by atoms with Gasteiger partial charge >= 0.3 is 0 Å². The molecule has 1 rings (SSSR count). The number of hydrogen-bond donors (Lipinski definition) is 2. The van der Waals surface area contributed by atoms with E-state index in [0.717, 1.165) is 0 Å². The molecule has 0 aliphatic carbocycles. The number of pyridine rings is 1. The molecular formula is C11H16N4O3. The molecule has 0 aliphatic rings. The van der Waals surface area contributed by atoms with E-state index in [1.807, 2.05) is 13.8 Å². The Bertz CT molecular complexity index is 473. The molecule has 1 aromatic heterocycles. The largest absolute Gasteiger partial charge is 0.368 e. The van der Waals surface area contributed by atoms with E-state index in [0.29, 0.717) is 5.82 Å². The summed E-state index contributed by atoms with van der Waals surface area (Å²) in [7, 11) is 0. The fourth-order valence-corrected chi connectivity index (χ4v) is 1.55. The Kier molecular flexibility index (Phi) is 4.19. The number of rotatable bonds is 5. The monoisotopic (exact) mass is 252 g/mol. The summed E-state index contributed by atoms with van der Waals surface area (Å²) >= 11 is 0. The smallest absolute Gasteiger partial charge is 0.290 e. The molecule has 0 saturated heterocycles. The number of primary amides is 1. The average molecular weight is 252 g/mol. The van der Waals surface area contributed by atoms with Crippen molar-refractivity contribution in [3.63, 3.8) is 0 Å². The van der Waals surface area contributed by atoms with Crippen molar-refractivity contribution in [1.82, 2.24) is 4.98 Å². The third-order valence-electron chi connectivity index (χ3n) is 2.53. The number of aryl methyl sites for hydroxylation is 1. The molecule has 0 unspecified atom stereocenters. The van der Waals surface area contributed by atoms with Gasteiger partial charge in [-0.25, -0.2) is 4.98 Å². The van der Waals surface area contributed by atoms with Crippen LogP contribution in [0.1, 0.15) is 19.5 Å². The first-order valence-corrected chi connectivity index (χ1v) is 5.50. The normalized spacial score (nSPS) is 12.2. The quantitative estimate of drug-likeness (QED) is 0.604. The zero-order chi connectivity index (χ0) is 13.9. The molecule has 0 aromatic carbocycles. The average Bonchev–Trinajstić information content (AvgIpc) is 2.24. The lowest BCUT2D eigenvalue weighted by molar-refractivity contribution is -0.385. The number of nitrogens with two attached hydrogens (primary N) is 1. The van der Waals surface area contributed by atoms with Gasteiger partial charge in [-0.2, -0.15) is 0 Å². The number of aromatic nitrogens is 1. The van der Waals surface area contributed by atoms with E-state index in [9.17, 15) is 14.9 Å². The molecule has 3 N–H and O–H groups in total. The molecule has 7 nitrogen and oxygen atoms in total. The Morgan fingerprint density at radius 2 is 2.11 bits per heavy atom. The number of nitrogens with zero attached hydrogens (tertiary/aromatic N) is 2. The minimum absolute atomic E-state index is 0.000187. The summed E-state index contributed by atoms with van der Waals surface area (Å²) < 4.78 is 0. The van der Waals surface area contributed by atoms with Gasteiger partial charge in [-0.1, -0.05) is 13.8 Å². The number of amides is 1. The lowest BCUT2D eigenvalue weighted by atomic mass is 10.0. The zero-order valence-electron chi connectivity index (χ0n) is 10.5. The third-order valence-corrected chi connectivity index (χ3v) is 2.53. The standard InChI is InChI=1S/C11H16N4O3/c1-6(2)10(11(12)16)14-9-5-4-8(15(17)18)7(3)13-9/h4-6,10H,1-3H3,(H2,12,16)(H,13,14)/t10-/m1/s1. The summed E-state index contributed by atoms with van der Waals surface area (Å²) in [5.41, 5.74) is 5.50. The number of anilines is 1. The first-order valence-electron chi connectivity index (χ1n) is 5.50. The SMILES string of the molecule is Cc1nc(N[C@@H](C(N)=O)C(C)C)ccc1[N+](=O)[O-].